The number of hydrogen-bond donors (Lipinski definition) is 1. The molecule has 5 heteroatoms. The van der Waals surface area contributed by atoms with Crippen LogP contribution < -0.4 is 5.32 Å². The fourth-order valence-electron chi connectivity index (χ4n) is 4.17. The minimum atomic E-state index is -0.252. The molecule has 2 fully saturated rings. The van der Waals surface area contributed by atoms with Gasteiger partial charge in [-0.15, -0.1) is 0 Å². The number of benzene rings is 2. The molecule has 2 aliphatic heterocycles. The van der Waals surface area contributed by atoms with Crippen LogP contribution >= 0.6 is 0 Å². The van der Waals surface area contributed by atoms with E-state index in [9.17, 15) is 9.18 Å². The van der Waals surface area contributed by atoms with Crippen molar-refractivity contribution in [3.05, 3.63) is 54.3 Å². The number of nitrogens with one attached hydrogen (secondary N) is 1. The van der Waals surface area contributed by atoms with Gasteiger partial charge in [0, 0.05) is 24.9 Å². The molecule has 0 saturated carbocycles. The minimum absolute atomic E-state index is 0.0650. The highest BCUT2D eigenvalue weighted by atomic mass is 19.1. The maximum Gasteiger partial charge on any atom is 0.241 e. The van der Waals surface area contributed by atoms with Crippen LogP contribution in [0, 0.1) is 5.82 Å². The van der Waals surface area contributed by atoms with Crippen molar-refractivity contribution < 1.29 is 13.9 Å². The molecule has 1 atom stereocenters. The number of nitrogens with zero attached hydrogens (tertiary/aromatic N) is 1. The second kappa shape index (κ2) is 8.19. The predicted octanol–water partition coefficient (Wildman–Crippen LogP) is 4.07. The van der Waals surface area contributed by atoms with Crippen molar-refractivity contribution in [3.8, 4) is 11.1 Å². The lowest BCUT2D eigenvalue weighted by Crippen LogP contribution is -2.47. The Morgan fingerprint density at radius 3 is 2.59 bits per heavy atom. The molecule has 2 aliphatic rings. The summed E-state index contributed by atoms with van der Waals surface area (Å²) in [6.07, 6.45) is 3.97. The summed E-state index contributed by atoms with van der Waals surface area (Å²) in [7, 11) is 0. The highest BCUT2D eigenvalue weighted by Crippen LogP contribution is 2.27. The lowest BCUT2D eigenvalue weighted by molar-refractivity contribution is -0.121. The highest BCUT2D eigenvalue weighted by molar-refractivity contribution is 5.95. The molecule has 2 heterocycles. The maximum absolute atomic E-state index is 13.1. The summed E-state index contributed by atoms with van der Waals surface area (Å²) in [5, 5.41) is 3.09. The molecule has 27 heavy (non-hydrogen) atoms. The SMILES string of the molecule is O=C(Nc1cccc(-c2ccc(F)cc2)c1)[C@@H]1CCCN1C1CCOCC1. The van der Waals surface area contributed by atoms with Crippen molar-refractivity contribution in [1.29, 1.82) is 0 Å². The summed E-state index contributed by atoms with van der Waals surface area (Å²) in [6.45, 7) is 2.56. The summed E-state index contributed by atoms with van der Waals surface area (Å²) >= 11 is 0. The van der Waals surface area contributed by atoms with Gasteiger partial charge in [-0.3, -0.25) is 9.69 Å². The summed E-state index contributed by atoms with van der Waals surface area (Å²) in [5.74, 6) is -0.187. The Morgan fingerprint density at radius 2 is 1.81 bits per heavy atom. The van der Waals surface area contributed by atoms with E-state index in [1.54, 1.807) is 12.1 Å². The molecule has 4 nitrogen and oxygen atoms in total. The molecule has 1 N–H and O–H groups in total. The van der Waals surface area contributed by atoms with Gasteiger partial charge in [-0.25, -0.2) is 4.39 Å². The van der Waals surface area contributed by atoms with E-state index in [1.165, 1.54) is 12.1 Å². The second-order valence-corrected chi connectivity index (χ2v) is 7.32. The monoisotopic (exact) mass is 368 g/mol. The molecule has 1 amide bonds. The summed E-state index contributed by atoms with van der Waals surface area (Å²) in [6, 6.07) is 14.5. The quantitative estimate of drug-likeness (QED) is 0.884. The number of ether oxygens (including phenoxy) is 1. The Kier molecular flexibility index (Phi) is 5.50. The molecule has 4 rings (SSSR count). The molecule has 0 spiro atoms. The molecule has 0 bridgehead atoms. The summed E-state index contributed by atoms with van der Waals surface area (Å²) < 4.78 is 18.6. The van der Waals surface area contributed by atoms with Gasteiger partial charge >= 0.3 is 0 Å². The number of carbonyl (C=O) groups excluding carboxylic acids is 1. The van der Waals surface area contributed by atoms with E-state index in [0.717, 1.165) is 62.3 Å². The highest BCUT2D eigenvalue weighted by Gasteiger charge is 2.35. The molecule has 0 radical (unpaired) electrons. The van der Waals surface area contributed by atoms with Gasteiger partial charge in [-0.1, -0.05) is 24.3 Å². The van der Waals surface area contributed by atoms with Crippen molar-refractivity contribution in [2.45, 2.75) is 37.8 Å². The van der Waals surface area contributed by atoms with E-state index in [-0.39, 0.29) is 17.8 Å². The van der Waals surface area contributed by atoms with Gasteiger partial charge in [0.05, 0.1) is 6.04 Å². The Hall–Kier alpha value is -2.24. The van der Waals surface area contributed by atoms with Gasteiger partial charge < -0.3 is 10.1 Å². The lowest BCUT2D eigenvalue weighted by atomic mass is 10.0. The predicted molar refractivity (Wildman–Crippen MR) is 104 cm³/mol. The zero-order valence-electron chi connectivity index (χ0n) is 15.4. The molecule has 2 saturated heterocycles. The average Bonchev–Trinajstić information content (AvgIpc) is 3.19. The van der Waals surface area contributed by atoms with Crippen molar-refractivity contribution in [2.24, 2.45) is 0 Å². The van der Waals surface area contributed by atoms with Crippen molar-refractivity contribution in [1.82, 2.24) is 4.90 Å². The third-order valence-corrected chi connectivity index (χ3v) is 5.56. The average molecular weight is 368 g/mol. The molecule has 2 aromatic rings. The Morgan fingerprint density at radius 1 is 1.04 bits per heavy atom. The van der Waals surface area contributed by atoms with Crippen LogP contribution in [0.5, 0.6) is 0 Å². The van der Waals surface area contributed by atoms with Gasteiger partial charge in [-0.2, -0.15) is 0 Å². The number of anilines is 1. The Balaban J connectivity index is 1.46. The molecule has 0 aromatic heterocycles. The standard InChI is InChI=1S/C22H25FN2O2/c23-18-8-6-16(7-9-18)17-3-1-4-19(15-17)24-22(26)21-5-2-12-25(21)20-10-13-27-14-11-20/h1,3-4,6-9,15,20-21H,2,5,10-14H2,(H,24,26)/t21-/m0/s1. The van der Waals surface area contributed by atoms with E-state index in [4.69, 9.17) is 4.74 Å². The van der Waals surface area contributed by atoms with Crippen LogP contribution in [0.3, 0.4) is 0 Å². The van der Waals surface area contributed by atoms with Crippen LogP contribution in [0.25, 0.3) is 11.1 Å². The smallest absolute Gasteiger partial charge is 0.241 e. The molecule has 142 valence electrons. The number of amides is 1. The van der Waals surface area contributed by atoms with Crippen LogP contribution in [0.15, 0.2) is 48.5 Å². The first kappa shape index (κ1) is 18.1. The first-order valence-corrected chi connectivity index (χ1v) is 9.71. The van der Waals surface area contributed by atoms with Crippen LogP contribution in [-0.4, -0.2) is 42.6 Å². The van der Waals surface area contributed by atoms with Gasteiger partial charge in [-0.05, 0) is 67.6 Å². The third-order valence-electron chi connectivity index (χ3n) is 5.56. The number of carbonyl (C=O) groups is 1. The fraction of sp³-hybridized carbons (Fsp3) is 0.409. The summed E-state index contributed by atoms with van der Waals surface area (Å²) in [5.41, 5.74) is 2.67. The van der Waals surface area contributed by atoms with E-state index in [2.05, 4.69) is 10.2 Å². The topological polar surface area (TPSA) is 41.6 Å². The van der Waals surface area contributed by atoms with Crippen LogP contribution in [0.4, 0.5) is 10.1 Å². The first-order chi connectivity index (χ1) is 13.2. The van der Waals surface area contributed by atoms with Crippen molar-refractivity contribution in [3.63, 3.8) is 0 Å². The van der Waals surface area contributed by atoms with Crippen molar-refractivity contribution in [2.75, 3.05) is 25.1 Å². The number of likely N-dealkylation sites (tertiary alicyclic amines) is 1. The van der Waals surface area contributed by atoms with Gasteiger partial charge in [0.1, 0.15) is 5.82 Å². The molecular formula is C22H25FN2O2. The minimum Gasteiger partial charge on any atom is -0.381 e. The zero-order chi connectivity index (χ0) is 18.6. The van der Waals surface area contributed by atoms with E-state index in [1.807, 2.05) is 24.3 Å². The maximum atomic E-state index is 13.1. The molecule has 0 aliphatic carbocycles. The number of hydrogen-bond acceptors (Lipinski definition) is 3. The number of halogens is 1. The normalized spacial score (nSPS) is 21.3. The van der Waals surface area contributed by atoms with E-state index >= 15 is 0 Å². The van der Waals surface area contributed by atoms with Crippen LogP contribution in [0.2, 0.25) is 0 Å². The van der Waals surface area contributed by atoms with Gasteiger partial charge in [0.15, 0.2) is 0 Å². The van der Waals surface area contributed by atoms with Gasteiger partial charge in [0.25, 0.3) is 0 Å². The van der Waals surface area contributed by atoms with Gasteiger partial charge in [0.2, 0.25) is 5.91 Å². The Labute approximate surface area is 159 Å². The first-order valence-electron chi connectivity index (χ1n) is 9.71. The molecule has 0 unspecified atom stereocenters. The number of rotatable bonds is 4. The molecule has 2 aromatic carbocycles. The second-order valence-electron chi connectivity index (χ2n) is 7.32. The zero-order valence-corrected chi connectivity index (χ0v) is 15.4. The summed E-state index contributed by atoms with van der Waals surface area (Å²) in [4.78, 5) is 15.3. The van der Waals surface area contributed by atoms with E-state index < -0.39 is 0 Å². The van der Waals surface area contributed by atoms with E-state index in [0.29, 0.717) is 6.04 Å². The van der Waals surface area contributed by atoms with Crippen LogP contribution in [0.1, 0.15) is 25.7 Å². The molecular weight excluding hydrogens is 343 g/mol. The fourth-order valence-corrected chi connectivity index (χ4v) is 4.17. The van der Waals surface area contributed by atoms with Crippen molar-refractivity contribution >= 4 is 11.6 Å². The van der Waals surface area contributed by atoms with Crippen LogP contribution in [-0.2, 0) is 9.53 Å². The largest absolute Gasteiger partial charge is 0.381 e. The lowest BCUT2D eigenvalue weighted by Gasteiger charge is -2.34. The third kappa shape index (κ3) is 4.20. The Bertz CT molecular complexity index is 787.